The maximum atomic E-state index is 12.3. The number of thioether (sulfide) groups is 1. The van der Waals surface area contributed by atoms with E-state index in [1.54, 1.807) is 24.3 Å². The van der Waals surface area contributed by atoms with Gasteiger partial charge in [-0.25, -0.2) is 0 Å². The predicted octanol–water partition coefficient (Wildman–Crippen LogP) is 3.15. The third kappa shape index (κ3) is 3.17. The minimum absolute atomic E-state index is 0.100. The average molecular weight is 401 g/mol. The lowest BCUT2D eigenvalue weighted by molar-refractivity contribution is -0.115. The maximum Gasteiger partial charge on any atom is 0.276 e. The predicted molar refractivity (Wildman–Crippen MR) is 107 cm³/mol. The summed E-state index contributed by atoms with van der Waals surface area (Å²) in [4.78, 5) is 25.9. The molecule has 0 saturated carbocycles. The van der Waals surface area contributed by atoms with Crippen LogP contribution in [0.2, 0.25) is 5.02 Å². The van der Waals surface area contributed by atoms with Gasteiger partial charge in [0.2, 0.25) is 5.91 Å². The van der Waals surface area contributed by atoms with Crippen LogP contribution in [0.5, 0.6) is 5.75 Å². The minimum Gasteiger partial charge on any atom is -0.508 e. The lowest BCUT2D eigenvalue weighted by Gasteiger charge is -2.15. The number of halogens is 1. The molecule has 2 aliphatic rings. The van der Waals surface area contributed by atoms with Crippen LogP contribution in [0, 0.1) is 6.92 Å². The number of carbonyl (C=O) groups is 2. The second kappa shape index (κ2) is 6.71. The number of carbonyl (C=O) groups excluding carboxylic acids is 2. The Morgan fingerprint density at radius 2 is 1.93 bits per heavy atom. The number of rotatable bonds is 2. The summed E-state index contributed by atoms with van der Waals surface area (Å²) >= 11 is 7.33. The summed E-state index contributed by atoms with van der Waals surface area (Å²) < 4.78 is 0. The Morgan fingerprint density at radius 1 is 1.19 bits per heavy atom. The number of nitrogens with one attached hydrogen (secondary N) is 1. The van der Waals surface area contributed by atoms with E-state index in [9.17, 15) is 14.7 Å². The van der Waals surface area contributed by atoms with Crippen molar-refractivity contribution >= 4 is 57.4 Å². The van der Waals surface area contributed by atoms with Gasteiger partial charge in [0.15, 0.2) is 10.9 Å². The van der Waals surface area contributed by atoms with Crippen molar-refractivity contribution in [2.75, 3.05) is 16.0 Å². The van der Waals surface area contributed by atoms with Gasteiger partial charge in [0.25, 0.3) is 5.91 Å². The summed E-state index contributed by atoms with van der Waals surface area (Å²) in [7, 11) is 0. The Bertz CT molecular complexity index is 1030. The quantitative estimate of drug-likeness (QED) is 0.757. The zero-order valence-corrected chi connectivity index (χ0v) is 15.6. The number of hydrogen-bond donors (Lipinski definition) is 2. The van der Waals surface area contributed by atoms with Crippen molar-refractivity contribution in [2.45, 2.75) is 6.92 Å². The van der Waals surface area contributed by atoms with Gasteiger partial charge in [-0.2, -0.15) is 0 Å². The summed E-state index contributed by atoms with van der Waals surface area (Å²) in [5, 5.41) is 21.3. The SMILES string of the molecule is Cc1cc(Cl)cc2c1NC(=O)/C2=N\N=C1/SCC(=O)N1c1ccc(O)cc1. The van der Waals surface area contributed by atoms with Crippen LogP contribution >= 0.6 is 23.4 Å². The normalized spacial score (nSPS) is 19.1. The number of benzene rings is 2. The molecule has 1 saturated heterocycles. The van der Waals surface area contributed by atoms with Crippen molar-refractivity contribution in [2.24, 2.45) is 10.2 Å². The molecule has 0 radical (unpaired) electrons. The smallest absolute Gasteiger partial charge is 0.276 e. The zero-order chi connectivity index (χ0) is 19.1. The molecule has 0 atom stereocenters. The highest BCUT2D eigenvalue weighted by Gasteiger charge is 2.31. The highest BCUT2D eigenvalue weighted by Crippen LogP contribution is 2.32. The summed E-state index contributed by atoms with van der Waals surface area (Å²) in [6.45, 7) is 1.85. The van der Waals surface area contributed by atoms with Gasteiger partial charge in [-0.15, -0.1) is 10.2 Å². The molecule has 0 aliphatic carbocycles. The topological polar surface area (TPSA) is 94.4 Å². The maximum absolute atomic E-state index is 12.3. The molecule has 4 rings (SSSR count). The molecule has 2 heterocycles. The number of aryl methyl sites for hydroxylation is 1. The molecule has 2 aromatic carbocycles. The molecule has 2 aliphatic heterocycles. The van der Waals surface area contributed by atoms with Crippen molar-refractivity contribution in [1.82, 2.24) is 0 Å². The number of amides is 2. The first-order valence-electron chi connectivity index (χ1n) is 7.96. The van der Waals surface area contributed by atoms with Gasteiger partial charge in [0.05, 0.1) is 17.1 Å². The van der Waals surface area contributed by atoms with Crippen LogP contribution in [0.4, 0.5) is 11.4 Å². The van der Waals surface area contributed by atoms with E-state index in [2.05, 4.69) is 15.5 Å². The number of amidine groups is 1. The first-order chi connectivity index (χ1) is 12.9. The van der Waals surface area contributed by atoms with E-state index in [-0.39, 0.29) is 29.0 Å². The largest absolute Gasteiger partial charge is 0.508 e. The van der Waals surface area contributed by atoms with E-state index < -0.39 is 0 Å². The van der Waals surface area contributed by atoms with Gasteiger partial charge in [-0.3, -0.25) is 14.5 Å². The molecule has 2 amide bonds. The molecule has 1 fully saturated rings. The van der Waals surface area contributed by atoms with Crippen LogP contribution in [0.25, 0.3) is 0 Å². The summed E-state index contributed by atoms with van der Waals surface area (Å²) in [6, 6.07) is 9.62. The van der Waals surface area contributed by atoms with E-state index in [1.165, 1.54) is 28.8 Å². The molecule has 2 N–H and O–H groups in total. The van der Waals surface area contributed by atoms with Gasteiger partial charge >= 0.3 is 0 Å². The Morgan fingerprint density at radius 3 is 2.67 bits per heavy atom. The monoisotopic (exact) mass is 400 g/mol. The van der Waals surface area contributed by atoms with Gasteiger partial charge in [0, 0.05) is 10.6 Å². The molecule has 0 spiro atoms. The van der Waals surface area contributed by atoms with Gasteiger partial charge in [0.1, 0.15) is 5.75 Å². The summed E-state index contributed by atoms with van der Waals surface area (Å²) in [5.41, 5.74) is 2.79. The molecule has 2 aromatic rings. The number of nitrogens with zero attached hydrogens (tertiary/aromatic N) is 3. The first kappa shape index (κ1) is 17.6. The van der Waals surface area contributed by atoms with Crippen molar-refractivity contribution in [3.8, 4) is 5.75 Å². The molecule has 0 aromatic heterocycles. The van der Waals surface area contributed by atoms with Crippen LogP contribution in [0.3, 0.4) is 0 Å². The number of phenolic OH excluding ortho intramolecular Hbond substituents is 1. The standard InChI is InChI=1S/C18H13ClN4O3S/c1-9-6-10(19)7-13-15(9)20-17(26)16(13)21-22-18-23(14(25)8-27-18)11-2-4-12(24)5-3-11/h2-7,24H,8H2,1H3,(H,20,21,26)/b22-18-. The molecule has 27 heavy (non-hydrogen) atoms. The van der Waals surface area contributed by atoms with Crippen LogP contribution in [0.15, 0.2) is 46.6 Å². The fourth-order valence-corrected chi connectivity index (χ4v) is 3.96. The highest BCUT2D eigenvalue weighted by atomic mass is 35.5. The van der Waals surface area contributed by atoms with Crippen LogP contribution in [-0.2, 0) is 9.59 Å². The van der Waals surface area contributed by atoms with E-state index >= 15 is 0 Å². The molecule has 0 bridgehead atoms. The molecule has 136 valence electrons. The number of aromatic hydroxyl groups is 1. The summed E-state index contributed by atoms with van der Waals surface area (Å²) in [6.07, 6.45) is 0. The molecule has 7 nitrogen and oxygen atoms in total. The van der Waals surface area contributed by atoms with Gasteiger partial charge in [-0.05, 0) is 48.9 Å². The molecule has 9 heteroatoms. The van der Waals surface area contributed by atoms with Gasteiger partial charge in [-0.1, -0.05) is 23.4 Å². The Balaban J connectivity index is 1.73. The zero-order valence-electron chi connectivity index (χ0n) is 14.1. The van der Waals surface area contributed by atoms with E-state index in [1.807, 2.05) is 6.92 Å². The number of fused-ring (bicyclic) bond motifs is 1. The van der Waals surface area contributed by atoms with Crippen molar-refractivity contribution in [3.63, 3.8) is 0 Å². The Labute approximate surface area is 163 Å². The molecule has 0 unspecified atom stereocenters. The van der Waals surface area contributed by atoms with E-state index in [0.717, 1.165) is 5.56 Å². The number of anilines is 2. The fraction of sp³-hybridized carbons (Fsp3) is 0.111. The van der Waals surface area contributed by atoms with Crippen molar-refractivity contribution < 1.29 is 14.7 Å². The minimum atomic E-state index is -0.370. The third-order valence-corrected chi connectivity index (χ3v) is 5.25. The summed E-state index contributed by atoms with van der Waals surface area (Å²) in [5.74, 6) is -0.202. The second-order valence-electron chi connectivity index (χ2n) is 5.96. The third-order valence-electron chi connectivity index (χ3n) is 4.12. The van der Waals surface area contributed by atoms with Gasteiger partial charge < -0.3 is 10.4 Å². The van der Waals surface area contributed by atoms with Crippen molar-refractivity contribution in [1.29, 1.82) is 0 Å². The van der Waals surface area contributed by atoms with Crippen LogP contribution < -0.4 is 10.2 Å². The van der Waals surface area contributed by atoms with E-state index in [0.29, 0.717) is 27.1 Å². The fourth-order valence-electron chi connectivity index (χ4n) is 2.87. The average Bonchev–Trinajstić information content (AvgIpc) is 3.14. The second-order valence-corrected chi connectivity index (χ2v) is 7.34. The van der Waals surface area contributed by atoms with Crippen LogP contribution in [-0.4, -0.2) is 33.6 Å². The van der Waals surface area contributed by atoms with Crippen LogP contribution in [0.1, 0.15) is 11.1 Å². The number of phenols is 1. The lowest BCUT2D eigenvalue weighted by Crippen LogP contribution is -2.29. The Kier molecular flexibility index (Phi) is 4.37. The molecular formula is C18H13ClN4O3S. The first-order valence-corrected chi connectivity index (χ1v) is 9.32. The Hall–Kier alpha value is -2.84. The molecular weight excluding hydrogens is 388 g/mol. The van der Waals surface area contributed by atoms with Crippen molar-refractivity contribution in [3.05, 3.63) is 52.5 Å². The van der Waals surface area contributed by atoms with E-state index in [4.69, 9.17) is 11.6 Å². The highest BCUT2D eigenvalue weighted by molar-refractivity contribution is 8.15. The lowest BCUT2D eigenvalue weighted by atomic mass is 10.1. The number of hydrogen-bond acceptors (Lipinski definition) is 6.